The van der Waals surface area contributed by atoms with E-state index in [0.717, 1.165) is 24.0 Å². The molecule has 0 atom stereocenters. The maximum absolute atomic E-state index is 6.03. The zero-order valence-corrected chi connectivity index (χ0v) is 11.2. The van der Waals surface area contributed by atoms with Crippen LogP contribution in [0.1, 0.15) is 0 Å². The van der Waals surface area contributed by atoms with Crippen molar-refractivity contribution in [3.8, 4) is 0 Å². The zero-order chi connectivity index (χ0) is 9.59. The second kappa shape index (κ2) is 3.40. The maximum atomic E-state index is 6.03. The highest BCUT2D eigenvalue weighted by atomic mass is 127. The standard InChI is InChI=1S/C8H5BrClIN2/c1-13-8-4(3-12-13)2-5(10)7(11)6(8)9/h2-3H,1H3. The van der Waals surface area contributed by atoms with Gasteiger partial charge in [-0.05, 0) is 44.6 Å². The topological polar surface area (TPSA) is 17.8 Å². The molecule has 0 aliphatic carbocycles. The third-order valence-corrected chi connectivity index (χ3v) is 5.11. The molecule has 0 amide bonds. The Hall–Kier alpha value is 0.190. The third-order valence-electron chi connectivity index (χ3n) is 1.86. The molecule has 5 heteroatoms. The van der Waals surface area contributed by atoms with E-state index in [2.05, 4.69) is 43.6 Å². The molecule has 2 nitrogen and oxygen atoms in total. The lowest BCUT2D eigenvalue weighted by Gasteiger charge is -2.02. The normalized spacial score (nSPS) is 11.1. The van der Waals surface area contributed by atoms with Gasteiger partial charge in [0.15, 0.2) is 0 Å². The Morgan fingerprint density at radius 2 is 2.31 bits per heavy atom. The van der Waals surface area contributed by atoms with Crippen LogP contribution in [-0.4, -0.2) is 9.78 Å². The monoisotopic (exact) mass is 370 g/mol. The van der Waals surface area contributed by atoms with Gasteiger partial charge in [-0.15, -0.1) is 0 Å². The van der Waals surface area contributed by atoms with Gasteiger partial charge in [0.25, 0.3) is 0 Å². The molecular formula is C8H5BrClIN2. The Kier molecular flexibility index (Phi) is 2.55. The van der Waals surface area contributed by atoms with Gasteiger partial charge in [-0.3, -0.25) is 4.68 Å². The highest BCUT2D eigenvalue weighted by Gasteiger charge is 2.10. The number of rotatable bonds is 0. The van der Waals surface area contributed by atoms with Gasteiger partial charge in [-0.1, -0.05) is 11.6 Å². The van der Waals surface area contributed by atoms with Crippen molar-refractivity contribution in [2.24, 2.45) is 7.05 Å². The van der Waals surface area contributed by atoms with Crippen LogP contribution >= 0.6 is 50.1 Å². The first-order valence-electron chi connectivity index (χ1n) is 3.56. The van der Waals surface area contributed by atoms with Crippen LogP contribution in [0, 0.1) is 3.57 Å². The van der Waals surface area contributed by atoms with Gasteiger partial charge in [-0.25, -0.2) is 0 Å². The number of benzene rings is 1. The van der Waals surface area contributed by atoms with E-state index >= 15 is 0 Å². The molecule has 1 aromatic carbocycles. The lowest BCUT2D eigenvalue weighted by atomic mass is 10.2. The van der Waals surface area contributed by atoms with Crippen LogP contribution in [0.3, 0.4) is 0 Å². The van der Waals surface area contributed by atoms with E-state index in [-0.39, 0.29) is 0 Å². The number of hydrogen-bond donors (Lipinski definition) is 0. The van der Waals surface area contributed by atoms with E-state index in [9.17, 15) is 0 Å². The first kappa shape index (κ1) is 9.73. The molecule has 0 N–H and O–H groups in total. The van der Waals surface area contributed by atoms with Crippen LogP contribution in [0.5, 0.6) is 0 Å². The number of aryl methyl sites for hydroxylation is 1. The Labute approximate surface area is 103 Å². The van der Waals surface area contributed by atoms with E-state index in [1.807, 2.05) is 24.0 Å². The molecule has 1 aromatic heterocycles. The van der Waals surface area contributed by atoms with Gasteiger partial charge in [0.05, 0.1) is 21.2 Å². The molecular weight excluding hydrogens is 366 g/mol. The molecule has 2 aromatic rings. The van der Waals surface area contributed by atoms with Gasteiger partial charge in [0.1, 0.15) is 0 Å². The maximum Gasteiger partial charge on any atom is 0.0832 e. The fraction of sp³-hybridized carbons (Fsp3) is 0.125. The molecule has 0 fully saturated rings. The van der Waals surface area contributed by atoms with Gasteiger partial charge in [0.2, 0.25) is 0 Å². The van der Waals surface area contributed by atoms with Crippen molar-refractivity contribution in [3.63, 3.8) is 0 Å². The van der Waals surface area contributed by atoms with Crippen LogP contribution < -0.4 is 0 Å². The summed E-state index contributed by atoms with van der Waals surface area (Å²) in [5.41, 5.74) is 1.08. The molecule has 0 spiro atoms. The molecule has 0 saturated heterocycles. The highest BCUT2D eigenvalue weighted by molar-refractivity contribution is 14.1. The Morgan fingerprint density at radius 1 is 1.62 bits per heavy atom. The first-order chi connectivity index (χ1) is 6.11. The largest absolute Gasteiger partial charge is 0.267 e. The summed E-state index contributed by atoms with van der Waals surface area (Å²) in [6.07, 6.45) is 1.81. The highest BCUT2D eigenvalue weighted by Crippen LogP contribution is 2.33. The summed E-state index contributed by atoms with van der Waals surface area (Å²) in [5, 5.41) is 5.98. The minimum absolute atomic E-state index is 0.757. The SMILES string of the molecule is Cn1ncc2cc(Cl)c(I)c(Br)c21. The summed E-state index contributed by atoms with van der Waals surface area (Å²) in [6, 6.07) is 1.93. The predicted octanol–water partition coefficient (Wildman–Crippen LogP) is 3.59. The molecule has 1 heterocycles. The summed E-state index contributed by atoms with van der Waals surface area (Å²) in [7, 11) is 1.91. The lowest BCUT2D eigenvalue weighted by molar-refractivity contribution is 0.795. The summed E-state index contributed by atoms with van der Waals surface area (Å²) < 4.78 is 3.86. The van der Waals surface area contributed by atoms with E-state index in [0.29, 0.717) is 0 Å². The molecule has 0 unspecified atom stereocenters. The molecule has 0 saturated carbocycles. The average Bonchev–Trinajstić information content (AvgIpc) is 2.43. The van der Waals surface area contributed by atoms with Crippen molar-refractivity contribution in [2.75, 3.05) is 0 Å². The van der Waals surface area contributed by atoms with Crippen LogP contribution in [0.25, 0.3) is 10.9 Å². The van der Waals surface area contributed by atoms with Crippen molar-refractivity contribution in [1.82, 2.24) is 9.78 Å². The molecule has 0 radical (unpaired) electrons. The smallest absolute Gasteiger partial charge is 0.0832 e. The Morgan fingerprint density at radius 3 is 3.00 bits per heavy atom. The van der Waals surface area contributed by atoms with Crippen LogP contribution in [0.4, 0.5) is 0 Å². The second-order valence-electron chi connectivity index (χ2n) is 2.69. The number of fused-ring (bicyclic) bond motifs is 1. The number of nitrogens with zero attached hydrogens (tertiary/aromatic N) is 2. The zero-order valence-electron chi connectivity index (χ0n) is 6.68. The second-order valence-corrected chi connectivity index (χ2v) is 4.97. The fourth-order valence-corrected chi connectivity index (χ4v) is 2.67. The minimum Gasteiger partial charge on any atom is -0.267 e. The molecule has 0 aliphatic heterocycles. The molecule has 0 bridgehead atoms. The van der Waals surface area contributed by atoms with Crippen molar-refractivity contribution >= 4 is 61.0 Å². The first-order valence-corrected chi connectivity index (χ1v) is 5.81. The van der Waals surface area contributed by atoms with Gasteiger partial charge in [0, 0.05) is 16.0 Å². The van der Waals surface area contributed by atoms with Crippen molar-refractivity contribution in [1.29, 1.82) is 0 Å². The Bertz CT molecular complexity index is 480. The average molecular weight is 371 g/mol. The number of halogens is 3. The van der Waals surface area contributed by atoms with E-state index in [4.69, 9.17) is 11.6 Å². The predicted molar refractivity (Wildman–Crippen MR) is 66.1 cm³/mol. The minimum atomic E-state index is 0.757. The van der Waals surface area contributed by atoms with Gasteiger partial charge >= 0.3 is 0 Å². The lowest BCUT2D eigenvalue weighted by Crippen LogP contribution is -1.91. The van der Waals surface area contributed by atoms with Gasteiger partial charge < -0.3 is 0 Å². The van der Waals surface area contributed by atoms with Crippen molar-refractivity contribution in [3.05, 3.63) is 25.3 Å². The van der Waals surface area contributed by atoms with E-state index < -0.39 is 0 Å². The summed E-state index contributed by atoms with van der Waals surface area (Å²) in [4.78, 5) is 0. The third kappa shape index (κ3) is 1.49. The van der Waals surface area contributed by atoms with Crippen LogP contribution in [-0.2, 0) is 7.05 Å². The van der Waals surface area contributed by atoms with Crippen LogP contribution in [0.2, 0.25) is 5.02 Å². The molecule has 13 heavy (non-hydrogen) atoms. The summed E-state index contributed by atoms with van der Waals surface area (Å²) in [6.45, 7) is 0. The summed E-state index contributed by atoms with van der Waals surface area (Å²) in [5.74, 6) is 0. The quantitative estimate of drug-likeness (QED) is 0.511. The van der Waals surface area contributed by atoms with E-state index in [1.54, 1.807) is 0 Å². The fourth-order valence-electron chi connectivity index (χ4n) is 1.24. The molecule has 0 aliphatic rings. The number of aromatic nitrogens is 2. The van der Waals surface area contributed by atoms with Crippen molar-refractivity contribution in [2.45, 2.75) is 0 Å². The molecule has 68 valence electrons. The van der Waals surface area contributed by atoms with Crippen molar-refractivity contribution < 1.29 is 0 Å². The van der Waals surface area contributed by atoms with Gasteiger partial charge in [-0.2, -0.15) is 5.10 Å². The number of hydrogen-bond acceptors (Lipinski definition) is 1. The van der Waals surface area contributed by atoms with Crippen LogP contribution in [0.15, 0.2) is 16.7 Å². The molecule has 2 rings (SSSR count). The van der Waals surface area contributed by atoms with E-state index in [1.165, 1.54) is 0 Å². The summed E-state index contributed by atoms with van der Waals surface area (Å²) >= 11 is 11.7. The Balaban J connectivity index is 2.97.